The number of fused-ring (bicyclic) bond motifs is 1. The molecule has 1 aliphatic heterocycles. The Balaban J connectivity index is 1.95. The van der Waals surface area contributed by atoms with Gasteiger partial charge in [-0.05, 0) is 63.1 Å². The van der Waals surface area contributed by atoms with Gasteiger partial charge in [0.15, 0.2) is 5.78 Å². The first-order chi connectivity index (χ1) is 19.3. The molecule has 1 aliphatic carbocycles. The Kier molecular flexibility index (Phi) is 8.92. The van der Waals surface area contributed by atoms with Crippen molar-refractivity contribution in [1.82, 2.24) is 0 Å². The first-order valence-corrected chi connectivity index (χ1v) is 13.3. The lowest BCUT2D eigenvalue weighted by Gasteiger charge is -2.41. The lowest BCUT2D eigenvalue weighted by molar-refractivity contribution is -0.153. The number of nitrogens with zero attached hydrogens (tertiary/aromatic N) is 1. The molecule has 0 aromatic heterocycles. The van der Waals surface area contributed by atoms with Crippen molar-refractivity contribution in [2.24, 2.45) is 16.8 Å². The van der Waals surface area contributed by atoms with E-state index in [1.165, 1.54) is 14.2 Å². The van der Waals surface area contributed by atoms with Gasteiger partial charge in [-0.25, -0.2) is 4.79 Å². The summed E-state index contributed by atoms with van der Waals surface area (Å²) in [5.41, 5.74) is 2.61. The van der Waals surface area contributed by atoms with Gasteiger partial charge in [0.05, 0.1) is 46.0 Å². The molecule has 9 heteroatoms. The second-order valence-corrected chi connectivity index (χ2v) is 9.61. The molecule has 2 aromatic carbocycles. The molecular weight excluding hydrogens is 514 g/mol. The number of aliphatic imine (C=N–C) groups is 1. The van der Waals surface area contributed by atoms with Gasteiger partial charge in [-0.15, -0.1) is 0 Å². The molecule has 212 valence electrons. The summed E-state index contributed by atoms with van der Waals surface area (Å²) in [6, 6.07) is 12.5. The summed E-state index contributed by atoms with van der Waals surface area (Å²) in [6.07, 6.45) is 0.309. The van der Waals surface area contributed by atoms with Gasteiger partial charge in [-0.1, -0.05) is 12.1 Å². The summed E-state index contributed by atoms with van der Waals surface area (Å²) < 4.78 is 27.4. The van der Waals surface area contributed by atoms with Crippen LogP contribution in [-0.4, -0.2) is 58.0 Å². The third-order valence-electron chi connectivity index (χ3n) is 7.48. The predicted octanol–water partition coefficient (Wildman–Crippen LogP) is 4.64. The van der Waals surface area contributed by atoms with Crippen LogP contribution in [0.4, 0.5) is 0 Å². The Bertz CT molecular complexity index is 1360. The van der Waals surface area contributed by atoms with Crippen LogP contribution in [0.15, 0.2) is 58.7 Å². The fraction of sp³-hybridized carbons (Fsp3) is 0.419. The predicted molar refractivity (Wildman–Crippen MR) is 148 cm³/mol. The summed E-state index contributed by atoms with van der Waals surface area (Å²) in [5, 5.41) is 0. The van der Waals surface area contributed by atoms with E-state index >= 15 is 0 Å². The highest BCUT2D eigenvalue weighted by Gasteiger charge is 2.53. The fourth-order valence-electron chi connectivity index (χ4n) is 5.76. The highest BCUT2D eigenvalue weighted by molar-refractivity contribution is 6.18. The molecule has 0 spiro atoms. The Morgan fingerprint density at radius 3 is 2.25 bits per heavy atom. The van der Waals surface area contributed by atoms with Gasteiger partial charge >= 0.3 is 11.9 Å². The Labute approximate surface area is 234 Å². The van der Waals surface area contributed by atoms with Crippen molar-refractivity contribution in [3.8, 4) is 17.2 Å². The number of allylic oxidation sites excluding steroid dienone is 1. The van der Waals surface area contributed by atoms with Gasteiger partial charge in [-0.3, -0.25) is 14.6 Å². The quantitative estimate of drug-likeness (QED) is 0.329. The molecular formula is C31H35NO8. The number of methoxy groups -OCH3 is 3. The van der Waals surface area contributed by atoms with Gasteiger partial charge in [0.2, 0.25) is 0 Å². The standard InChI is InChI=1S/C31H35NO8/c1-7-39-30(34)25-17(3)32-23-16-21(18-10-9-11-19(14-18)36-4)27(31(35)40-8-2)29(33)28(23)26(25)22-15-20(37-5)12-13-24(22)38-6/h9-15,21,26-28H,7-8,16H2,1-6H3/t21-,26-,27+,28?/m1/s1. The third-order valence-corrected chi connectivity index (χ3v) is 7.48. The lowest BCUT2D eigenvalue weighted by Crippen LogP contribution is -2.48. The highest BCUT2D eigenvalue weighted by Crippen LogP contribution is 2.50. The van der Waals surface area contributed by atoms with Gasteiger partial charge in [0, 0.05) is 28.8 Å². The number of benzene rings is 2. The first kappa shape index (κ1) is 28.9. The number of hydrogen-bond donors (Lipinski definition) is 0. The van der Waals surface area contributed by atoms with Crippen LogP contribution in [0.2, 0.25) is 0 Å². The molecule has 1 heterocycles. The fourth-order valence-corrected chi connectivity index (χ4v) is 5.76. The Morgan fingerprint density at radius 2 is 1.60 bits per heavy atom. The van der Waals surface area contributed by atoms with Crippen molar-refractivity contribution < 1.29 is 38.1 Å². The number of rotatable bonds is 9. The van der Waals surface area contributed by atoms with Crippen molar-refractivity contribution in [3.05, 3.63) is 64.9 Å². The van der Waals surface area contributed by atoms with Gasteiger partial charge in [0.1, 0.15) is 23.2 Å². The van der Waals surface area contributed by atoms with Crippen molar-refractivity contribution in [3.63, 3.8) is 0 Å². The maximum atomic E-state index is 14.5. The molecule has 4 rings (SSSR count). The molecule has 0 radical (unpaired) electrons. The second-order valence-electron chi connectivity index (χ2n) is 9.61. The van der Waals surface area contributed by atoms with Crippen LogP contribution in [0, 0.1) is 11.8 Å². The molecule has 2 aliphatic rings. The lowest BCUT2D eigenvalue weighted by atomic mass is 9.62. The van der Waals surface area contributed by atoms with E-state index in [1.807, 2.05) is 18.2 Å². The normalized spacial score (nSPS) is 22.1. The average molecular weight is 550 g/mol. The molecule has 1 fully saturated rings. The summed E-state index contributed by atoms with van der Waals surface area (Å²) >= 11 is 0. The van der Waals surface area contributed by atoms with E-state index in [-0.39, 0.29) is 24.6 Å². The van der Waals surface area contributed by atoms with Crippen molar-refractivity contribution in [2.45, 2.75) is 39.0 Å². The molecule has 1 unspecified atom stereocenters. The van der Waals surface area contributed by atoms with Crippen molar-refractivity contribution in [1.29, 1.82) is 0 Å². The summed E-state index contributed by atoms with van der Waals surface area (Å²) in [7, 11) is 4.62. The molecule has 9 nitrogen and oxygen atoms in total. The van der Waals surface area contributed by atoms with Crippen LogP contribution in [0.1, 0.15) is 50.2 Å². The molecule has 40 heavy (non-hydrogen) atoms. The highest BCUT2D eigenvalue weighted by atomic mass is 16.5. The van der Waals surface area contributed by atoms with Gasteiger partial charge < -0.3 is 23.7 Å². The van der Waals surface area contributed by atoms with Crippen molar-refractivity contribution in [2.75, 3.05) is 34.5 Å². The summed E-state index contributed by atoms with van der Waals surface area (Å²) in [5.74, 6) is -3.32. The SMILES string of the molecule is CCOC(=O)C1=C(C)N=C2C[C@H](c3cccc(OC)c3)[C@H](C(=O)OCC)C(=O)C2[C@@H]1c1cc(OC)ccc1OC. The largest absolute Gasteiger partial charge is 0.497 e. The number of ether oxygens (including phenoxy) is 5. The zero-order chi connectivity index (χ0) is 29.0. The zero-order valence-corrected chi connectivity index (χ0v) is 23.7. The number of carbonyl (C=O) groups excluding carboxylic acids is 3. The van der Waals surface area contributed by atoms with Crippen LogP contribution >= 0.6 is 0 Å². The Morgan fingerprint density at radius 1 is 0.900 bits per heavy atom. The maximum absolute atomic E-state index is 14.5. The molecule has 0 saturated heterocycles. The van der Waals surface area contributed by atoms with E-state index in [0.29, 0.717) is 40.6 Å². The minimum absolute atomic E-state index is 0.124. The van der Waals surface area contributed by atoms with Gasteiger partial charge in [-0.2, -0.15) is 0 Å². The van der Waals surface area contributed by atoms with E-state index in [9.17, 15) is 14.4 Å². The average Bonchev–Trinajstić information content (AvgIpc) is 2.96. The van der Waals surface area contributed by atoms with E-state index in [4.69, 9.17) is 28.7 Å². The van der Waals surface area contributed by atoms with E-state index in [2.05, 4.69) is 0 Å². The van der Waals surface area contributed by atoms with Crippen molar-refractivity contribution >= 4 is 23.4 Å². The van der Waals surface area contributed by atoms with E-state index in [1.54, 1.807) is 52.1 Å². The first-order valence-electron chi connectivity index (χ1n) is 13.3. The second kappa shape index (κ2) is 12.4. The zero-order valence-electron chi connectivity index (χ0n) is 23.7. The molecule has 4 atom stereocenters. The maximum Gasteiger partial charge on any atom is 0.336 e. The number of ketones is 1. The molecule has 2 aromatic rings. The molecule has 0 N–H and O–H groups in total. The number of hydrogen-bond acceptors (Lipinski definition) is 9. The Hall–Kier alpha value is -4.14. The van der Waals surface area contributed by atoms with Crippen LogP contribution < -0.4 is 14.2 Å². The molecule has 0 amide bonds. The monoisotopic (exact) mass is 549 g/mol. The van der Waals surface area contributed by atoms with Crippen LogP contribution in [-0.2, 0) is 23.9 Å². The minimum atomic E-state index is -1.11. The molecule has 0 bridgehead atoms. The third kappa shape index (κ3) is 5.33. The van der Waals surface area contributed by atoms with E-state index < -0.39 is 35.6 Å². The number of carbonyl (C=O) groups is 3. The van der Waals surface area contributed by atoms with Crippen LogP contribution in [0.25, 0.3) is 0 Å². The molecule has 1 saturated carbocycles. The van der Waals surface area contributed by atoms with Crippen LogP contribution in [0.3, 0.4) is 0 Å². The number of esters is 2. The van der Waals surface area contributed by atoms with Crippen LogP contribution in [0.5, 0.6) is 17.2 Å². The minimum Gasteiger partial charge on any atom is -0.497 e. The summed E-state index contributed by atoms with van der Waals surface area (Å²) in [4.78, 5) is 46.1. The smallest absolute Gasteiger partial charge is 0.336 e. The topological polar surface area (TPSA) is 110 Å². The van der Waals surface area contributed by atoms with Gasteiger partial charge in [0.25, 0.3) is 0 Å². The summed E-state index contributed by atoms with van der Waals surface area (Å²) in [6.45, 7) is 5.43. The van der Waals surface area contributed by atoms with E-state index in [0.717, 1.165) is 5.56 Å². The number of Topliss-reactive ketones (excluding diaryl/α,β-unsaturated/α-hetero) is 1.